The van der Waals surface area contributed by atoms with Gasteiger partial charge in [-0.05, 0) is 23.8 Å². The zero-order chi connectivity index (χ0) is 15.8. The third-order valence-corrected chi connectivity index (χ3v) is 3.12. The number of hydrogen-bond acceptors (Lipinski definition) is 6. The van der Waals surface area contributed by atoms with Crippen LogP contribution >= 0.6 is 11.6 Å². The summed E-state index contributed by atoms with van der Waals surface area (Å²) in [4.78, 5) is 23.7. The summed E-state index contributed by atoms with van der Waals surface area (Å²) in [6, 6.07) is 2.77. The number of rotatable bonds is 2. The van der Waals surface area contributed by atoms with E-state index in [0.717, 1.165) is 0 Å². The minimum atomic E-state index is -1.30. The lowest BCUT2D eigenvalue weighted by molar-refractivity contribution is -0.222. The Morgan fingerprint density at radius 1 is 1.24 bits per heavy atom. The van der Waals surface area contributed by atoms with Crippen LogP contribution in [0.25, 0.3) is 6.08 Å². The number of hydrogen-bond donors (Lipinski definition) is 1. The van der Waals surface area contributed by atoms with Crippen molar-refractivity contribution < 1.29 is 28.9 Å². The molecule has 1 fully saturated rings. The van der Waals surface area contributed by atoms with Gasteiger partial charge in [-0.25, -0.2) is 9.59 Å². The summed E-state index contributed by atoms with van der Waals surface area (Å²) < 4.78 is 14.9. The van der Waals surface area contributed by atoms with E-state index in [1.165, 1.54) is 39.2 Å². The number of phenols is 1. The first-order chi connectivity index (χ1) is 9.75. The summed E-state index contributed by atoms with van der Waals surface area (Å²) in [7, 11) is 1.34. The molecule has 1 heterocycles. The Hall–Kier alpha value is -2.21. The van der Waals surface area contributed by atoms with Crippen molar-refractivity contribution in [3.05, 3.63) is 28.3 Å². The number of halogens is 1. The SMILES string of the molecule is COc1c(O)ccc(C=C2C(=O)OC(C)(C)OC2=O)c1Cl. The molecule has 6 nitrogen and oxygen atoms in total. The standard InChI is InChI=1S/C14H13ClO6/c1-14(2)20-12(17)8(13(18)21-14)6-7-4-5-9(16)11(19-3)10(7)15/h4-6,16H,1-3H3. The molecule has 0 bridgehead atoms. The van der Waals surface area contributed by atoms with Gasteiger partial charge in [-0.2, -0.15) is 0 Å². The molecule has 1 aromatic carbocycles. The van der Waals surface area contributed by atoms with Gasteiger partial charge in [-0.3, -0.25) is 0 Å². The van der Waals surface area contributed by atoms with Crippen molar-refractivity contribution in [2.75, 3.05) is 7.11 Å². The third kappa shape index (κ3) is 2.95. The highest BCUT2D eigenvalue weighted by Gasteiger charge is 2.39. The van der Waals surface area contributed by atoms with Gasteiger partial charge in [-0.1, -0.05) is 11.6 Å². The van der Waals surface area contributed by atoms with Gasteiger partial charge in [0.15, 0.2) is 11.5 Å². The zero-order valence-electron chi connectivity index (χ0n) is 11.6. The minimum Gasteiger partial charge on any atom is -0.504 e. The normalized spacial score (nSPS) is 17.0. The fourth-order valence-corrected chi connectivity index (χ4v) is 2.09. The summed E-state index contributed by atoms with van der Waals surface area (Å²) in [6.45, 7) is 2.91. The van der Waals surface area contributed by atoms with E-state index >= 15 is 0 Å². The maximum atomic E-state index is 11.8. The second kappa shape index (κ2) is 5.29. The van der Waals surface area contributed by atoms with Crippen LogP contribution in [0, 0.1) is 0 Å². The van der Waals surface area contributed by atoms with Crippen molar-refractivity contribution in [2.45, 2.75) is 19.6 Å². The van der Waals surface area contributed by atoms with Gasteiger partial charge in [0, 0.05) is 13.8 Å². The molecule has 0 spiro atoms. The van der Waals surface area contributed by atoms with E-state index in [9.17, 15) is 14.7 Å². The van der Waals surface area contributed by atoms with Crippen LogP contribution in [0.1, 0.15) is 19.4 Å². The largest absolute Gasteiger partial charge is 0.504 e. The van der Waals surface area contributed by atoms with Gasteiger partial charge in [0.05, 0.1) is 12.1 Å². The van der Waals surface area contributed by atoms with E-state index < -0.39 is 17.7 Å². The molecule has 1 aliphatic heterocycles. The van der Waals surface area contributed by atoms with Gasteiger partial charge >= 0.3 is 11.9 Å². The van der Waals surface area contributed by atoms with Gasteiger partial charge < -0.3 is 19.3 Å². The number of methoxy groups -OCH3 is 1. The van der Waals surface area contributed by atoms with E-state index in [0.29, 0.717) is 5.56 Å². The van der Waals surface area contributed by atoms with Crippen molar-refractivity contribution in [3.63, 3.8) is 0 Å². The molecular weight excluding hydrogens is 300 g/mol. The molecule has 1 aliphatic rings. The number of phenolic OH excluding ortho intramolecular Hbond substituents is 1. The maximum Gasteiger partial charge on any atom is 0.348 e. The molecule has 0 amide bonds. The molecule has 1 aromatic rings. The quantitative estimate of drug-likeness (QED) is 0.512. The monoisotopic (exact) mass is 312 g/mol. The minimum absolute atomic E-state index is 0.0453. The van der Waals surface area contributed by atoms with Crippen LogP contribution < -0.4 is 4.74 Å². The number of esters is 2. The van der Waals surface area contributed by atoms with Gasteiger partial charge in [-0.15, -0.1) is 0 Å². The lowest BCUT2D eigenvalue weighted by Gasteiger charge is -2.29. The smallest absolute Gasteiger partial charge is 0.348 e. The summed E-state index contributed by atoms with van der Waals surface area (Å²) in [6.07, 6.45) is 1.23. The van der Waals surface area contributed by atoms with Crippen molar-refractivity contribution in [2.24, 2.45) is 0 Å². The van der Waals surface area contributed by atoms with Crippen molar-refractivity contribution in [1.29, 1.82) is 0 Å². The maximum absolute atomic E-state index is 11.8. The van der Waals surface area contributed by atoms with Crippen LogP contribution in [0.15, 0.2) is 17.7 Å². The van der Waals surface area contributed by atoms with E-state index in [1.807, 2.05) is 0 Å². The third-order valence-electron chi connectivity index (χ3n) is 2.73. The van der Waals surface area contributed by atoms with Crippen LogP contribution in [0.4, 0.5) is 0 Å². The lowest BCUT2D eigenvalue weighted by atomic mass is 10.1. The van der Waals surface area contributed by atoms with E-state index in [-0.39, 0.29) is 22.1 Å². The highest BCUT2D eigenvalue weighted by Crippen LogP contribution is 2.38. The van der Waals surface area contributed by atoms with Crippen LogP contribution in [-0.2, 0) is 19.1 Å². The summed E-state index contributed by atoms with van der Waals surface area (Å²) in [5.41, 5.74) is 0.0268. The van der Waals surface area contributed by atoms with Crippen molar-refractivity contribution in [1.82, 2.24) is 0 Å². The molecule has 112 valence electrons. The zero-order valence-corrected chi connectivity index (χ0v) is 12.4. The van der Waals surface area contributed by atoms with Crippen molar-refractivity contribution in [3.8, 4) is 11.5 Å². The molecule has 0 unspecified atom stereocenters. The molecule has 0 aromatic heterocycles. The Labute approximate surface area is 125 Å². The number of carbonyl (C=O) groups is 2. The molecule has 21 heavy (non-hydrogen) atoms. The highest BCUT2D eigenvalue weighted by molar-refractivity contribution is 6.34. The first kappa shape index (κ1) is 15.2. The number of aromatic hydroxyl groups is 1. The Balaban J connectivity index is 2.45. The van der Waals surface area contributed by atoms with Crippen LogP contribution in [0.2, 0.25) is 5.02 Å². The fraction of sp³-hybridized carbons (Fsp3) is 0.286. The Bertz CT molecular complexity index is 625. The molecule has 1 saturated heterocycles. The summed E-state index contributed by atoms with van der Waals surface area (Å²) in [5, 5.41) is 9.65. The topological polar surface area (TPSA) is 82.1 Å². The van der Waals surface area contributed by atoms with E-state index in [1.54, 1.807) is 0 Å². The van der Waals surface area contributed by atoms with E-state index in [2.05, 4.69) is 0 Å². The fourth-order valence-electron chi connectivity index (χ4n) is 1.80. The number of cyclic esters (lactones) is 2. The molecule has 0 radical (unpaired) electrons. The molecule has 0 aliphatic carbocycles. The summed E-state index contributed by atoms with van der Waals surface area (Å²) in [5.74, 6) is -3.02. The van der Waals surface area contributed by atoms with Crippen LogP contribution in [0.5, 0.6) is 11.5 Å². The van der Waals surface area contributed by atoms with Crippen molar-refractivity contribution >= 4 is 29.6 Å². The first-order valence-corrected chi connectivity index (χ1v) is 6.37. The lowest BCUT2D eigenvalue weighted by Crippen LogP contribution is -2.41. The average molecular weight is 313 g/mol. The van der Waals surface area contributed by atoms with Crippen LogP contribution in [-0.4, -0.2) is 29.9 Å². The van der Waals surface area contributed by atoms with Gasteiger partial charge in [0.25, 0.3) is 5.79 Å². The number of ether oxygens (including phenoxy) is 3. The number of benzene rings is 1. The molecule has 0 atom stereocenters. The van der Waals surface area contributed by atoms with Crippen LogP contribution in [0.3, 0.4) is 0 Å². The average Bonchev–Trinajstić information content (AvgIpc) is 2.35. The van der Waals surface area contributed by atoms with Gasteiger partial charge in [0.1, 0.15) is 5.57 Å². The predicted molar refractivity (Wildman–Crippen MR) is 73.9 cm³/mol. The first-order valence-electron chi connectivity index (χ1n) is 5.99. The predicted octanol–water partition coefficient (Wildman–Crippen LogP) is 2.27. The second-order valence-corrected chi connectivity index (χ2v) is 5.14. The van der Waals surface area contributed by atoms with Gasteiger partial charge in [0.2, 0.25) is 0 Å². The Kier molecular flexibility index (Phi) is 3.82. The molecule has 1 N–H and O–H groups in total. The Morgan fingerprint density at radius 2 is 1.81 bits per heavy atom. The van der Waals surface area contributed by atoms with E-state index in [4.69, 9.17) is 25.8 Å². The Morgan fingerprint density at radius 3 is 2.33 bits per heavy atom. The molecule has 7 heteroatoms. The molecular formula is C14H13ClO6. The molecule has 2 rings (SSSR count). The molecule has 0 saturated carbocycles. The number of carbonyl (C=O) groups excluding carboxylic acids is 2. The summed E-state index contributed by atoms with van der Waals surface area (Å²) >= 11 is 6.05. The second-order valence-electron chi connectivity index (χ2n) is 4.76. The highest BCUT2D eigenvalue weighted by atomic mass is 35.5.